The Kier molecular flexibility index (Phi) is 4.32. The van der Waals surface area contributed by atoms with E-state index in [2.05, 4.69) is 38.7 Å². The molecule has 3 rings (SSSR count). The fourth-order valence-corrected chi connectivity index (χ4v) is 4.19. The molecule has 2 aliphatic rings. The van der Waals surface area contributed by atoms with Gasteiger partial charge >= 0.3 is 0 Å². The summed E-state index contributed by atoms with van der Waals surface area (Å²) >= 11 is 3.44. The molecular formula is C16H22BrFN2. The number of hydrogen-bond acceptors (Lipinski definition) is 2. The van der Waals surface area contributed by atoms with Gasteiger partial charge in [0.25, 0.3) is 0 Å². The highest BCUT2D eigenvalue weighted by molar-refractivity contribution is 9.08. The molecule has 110 valence electrons. The van der Waals surface area contributed by atoms with E-state index in [1.165, 1.54) is 25.8 Å². The fourth-order valence-electron chi connectivity index (χ4n) is 3.64. The minimum absolute atomic E-state index is 0.0994. The van der Waals surface area contributed by atoms with Crippen molar-refractivity contribution in [2.75, 3.05) is 24.5 Å². The molecule has 0 bridgehead atoms. The number of benzene rings is 1. The van der Waals surface area contributed by atoms with E-state index in [0.29, 0.717) is 17.4 Å². The minimum atomic E-state index is -0.0994. The summed E-state index contributed by atoms with van der Waals surface area (Å²) in [6.07, 6.45) is 3.94. The molecule has 0 aromatic heterocycles. The molecule has 2 fully saturated rings. The van der Waals surface area contributed by atoms with Crippen LogP contribution >= 0.6 is 15.9 Å². The summed E-state index contributed by atoms with van der Waals surface area (Å²) in [7, 11) is 0. The molecule has 1 aromatic carbocycles. The third kappa shape index (κ3) is 2.60. The van der Waals surface area contributed by atoms with Crippen LogP contribution in [0.25, 0.3) is 0 Å². The predicted molar refractivity (Wildman–Crippen MR) is 85.1 cm³/mol. The van der Waals surface area contributed by atoms with Gasteiger partial charge < -0.3 is 4.90 Å². The first-order valence-electron chi connectivity index (χ1n) is 7.54. The van der Waals surface area contributed by atoms with Crippen LogP contribution < -0.4 is 4.90 Å². The highest BCUT2D eigenvalue weighted by atomic mass is 79.9. The highest BCUT2D eigenvalue weighted by Crippen LogP contribution is 2.32. The Labute approximate surface area is 129 Å². The number of piperazine rings is 1. The van der Waals surface area contributed by atoms with E-state index in [-0.39, 0.29) is 5.82 Å². The second kappa shape index (κ2) is 6.02. The topological polar surface area (TPSA) is 6.48 Å². The van der Waals surface area contributed by atoms with Crippen LogP contribution in [0.3, 0.4) is 0 Å². The van der Waals surface area contributed by atoms with E-state index in [9.17, 15) is 4.39 Å². The van der Waals surface area contributed by atoms with Gasteiger partial charge in [-0.1, -0.05) is 28.4 Å². The monoisotopic (exact) mass is 340 g/mol. The van der Waals surface area contributed by atoms with Crippen molar-refractivity contribution in [3.63, 3.8) is 0 Å². The summed E-state index contributed by atoms with van der Waals surface area (Å²) < 4.78 is 14.0. The molecule has 2 atom stereocenters. The van der Waals surface area contributed by atoms with Crippen LogP contribution in [0.15, 0.2) is 18.2 Å². The molecule has 0 saturated carbocycles. The van der Waals surface area contributed by atoms with Gasteiger partial charge in [-0.2, -0.15) is 0 Å². The van der Waals surface area contributed by atoms with Crippen molar-refractivity contribution in [1.29, 1.82) is 0 Å². The second-order valence-electron chi connectivity index (χ2n) is 6.02. The van der Waals surface area contributed by atoms with Crippen molar-refractivity contribution in [2.45, 2.75) is 43.6 Å². The first kappa shape index (κ1) is 14.3. The average molecular weight is 341 g/mol. The SMILES string of the molecule is CC1CN2CCCCC2CN1c1cccc(F)c1CBr. The van der Waals surface area contributed by atoms with Gasteiger partial charge in [0.05, 0.1) is 0 Å². The quantitative estimate of drug-likeness (QED) is 0.756. The molecule has 0 aliphatic carbocycles. The number of anilines is 1. The van der Waals surface area contributed by atoms with Gasteiger partial charge in [0.2, 0.25) is 0 Å². The van der Waals surface area contributed by atoms with Crippen LogP contribution in [-0.2, 0) is 5.33 Å². The zero-order valence-corrected chi connectivity index (χ0v) is 13.6. The van der Waals surface area contributed by atoms with Gasteiger partial charge in [-0.05, 0) is 38.4 Å². The molecule has 0 radical (unpaired) electrons. The lowest BCUT2D eigenvalue weighted by atomic mass is 9.96. The van der Waals surface area contributed by atoms with Gasteiger partial charge in [-0.3, -0.25) is 4.90 Å². The van der Waals surface area contributed by atoms with Crippen LogP contribution in [0, 0.1) is 5.82 Å². The Morgan fingerprint density at radius 3 is 2.95 bits per heavy atom. The number of hydrogen-bond donors (Lipinski definition) is 0. The van der Waals surface area contributed by atoms with Gasteiger partial charge in [-0.25, -0.2) is 4.39 Å². The lowest BCUT2D eigenvalue weighted by molar-refractivity contribution is 0.115. The third-order valence-corrected chi connectivity index (χ3v) is 5.29. The van der Waals surface area contributed by atoms with E-state index in [0.717, 1.165) is 24.3 Å². The number of piperidine rings is 1. The van der Waals surface area contributed by atoms with Crippen LogP contribution in [0.5, 0.6) is 0 Å². The van der Waals surface area contributed by atoms with Crippen LogP contribution in [0.1, 0.15) is 31.7 Å². The van der Waals surface area contributed by atoms with Gasteiger partial charge in [-0.15, -0.1) is 0 Å². The van der Waals surface area contributed by atoms with Crippen molar-refractivity contribution >= 4 is 21.6 Å². The zero-order valence-electron chi connectivity index (χ0n) is 12.0. The summed E-state index contributed by atoms with van der Waals surface area (Å²) in [5.41, 5.74) is 1.86. The van der Waals surface area contributed by atoms with Crippen molar-refractivity contribution in [1.82, 2.24) is 4.90 Å². The lowest BCUT2D eigenvalue weighted by Crippen LogP contribution is -2.59. The van der Waals surface area contributed by atoms with Crippen molar-refractivity contribution < 1.29 is 4.39 Å². The molecule has 2 aliphatic heterocycles. The Hall–Kier alpha value is -0.610. The van der Waals surface area contributed by atoms with Gasteiger partial charge in [0.15, 0.2) is 0 Å². The zero-order chi connectivity index (χ0) is 14.1. The number of alkyl halides is 1. The minimum Gasteiger partial charge on any atom is -0.366 e. The maximum Gasteiger partial charge on any atom is 0.129 e. The summed E-state index contributed by atoms with van der Waals surface area (Å²) in [4.78, 5) is 5.03. The molecule has 0 spiro atoms. The fraction of sp³-hybridized carbons (Fsp3) is 0.625. The summed E-state index contributed by atoms with van der Waals surface area (Å²) in [5.74, 6) is -0.0994. The van der Waals surface area contributed by atoms with E-state index in [1.807, 2.05) is 6.07 Å². The third-order valence-electron chi connectivity index (χ3n) is 4.72. The van der Waals surface area contributed by atoms with E-state index in [1.54, 1.807) is 6.07 Å². The first-order chi connectivity index (χ1) is 9.70. The molecule has 2 saturated heterocycles. The number of fused-ring (bicyclic) bond motifs is 1. The maximum absolute atomic E-state index is 14.0. The summed E-state index contributed by atoms with van der Waals surface area (Å²) in [6.45, 7) is 5.62. The maximum atomic E-state index is 14.0. The molecule has 2 unspecified atom stereocenters. The summed E-state index contributed by atoms with van der Waals surface area (Å²) in [5, 5.41) is 0.576. The van der Waals surface area contributed by atoms with Gasteiger partial charge in [0.1, 0.15) is 5.82 Å². The Balaban J connectivity index is 1.88. The van der Waals surface area contributed by atoms with Gasteiger partial charge in [0, 0.05) is 41.8 Å². The molecule has 0 amide bonds. The molecule has 0 N–H and O–H groups in total. The first-order valence-corrected chi connectivity index (χ1v) is 8.67. The molecule has 20 heavy (non-hydrogen) atoms. The molecule has 2 nitrogen and oxygen atoms in total. The normalized spacial score (nSPS) is 27.4. The second-order valence-corrected chi connectivity index (χ2v) is 6.58. The van der Waals surface area contributed by atoms with E-state index < -0.39 is 0 Å². The number of nitrogens with zero attached hydrogens (tertiary/aromatic N) is 2. The van der Waals surface area contributed by atoms with Crippen molar-refractivity contribution in [2.24, 2.45) is 0 Å². The van der Waals surface area contributed by atoms with Crippen LogP contribution in [0.2, 0.25) is 0 Å². The number of halogens is 2. The van der Waals surface area contributed by atoms with E-state index >= 15 is 0 Å². The van der Waals surface area contributed by atoms with Crippen LogP contribution in [0.4, 0.5) is 10.1 Å². The highest BCUT2D eigenvalue weighted by Gasteiger charge is 2.33. The molecule has 1 aromatic rings. The Morgan fingerprint density at radius 2 is 2.15 bits per heavy atom. The number of rotatable bonds is 2. The standard InChI is InChI=1S/C16H22BrFN2/c1-12-10-19-8-3-2-5-13(19)11-20(12)16-7-4-6-15(18)14(16)9-17/h4,6-7,12-13H,2-3,5,8-11H2,1H3. The van der Waals surface area contributed by atoms with Crippen molar-refractivity contribution in [3.05, 3.63) is 29.6 Å². The largest absolute Gasteiger partial charge is 0.366 e. The molecule has 4 heteroatoms. The average Bonchev–Trinajstić information content (AvgIpc) is 2.46. The Bertz CT molecular complexity index is 480. The Morgan fingerprint density at radius 1 is 1.30 bits per heavy atom. The lowest BCUT2D eigenvalue weighted by Gasteiger charge is -2.48. The predicted octanol–water partition coefficient (Wildman–Crippen LogP) is 3.78. The molecule has 2 heterocycles. The summed E-state index contributed by atoms with van der Waals surface area (Å²) in [6, 6.07) is 6.54. The smallest absolute Gasteiger partial charge is 0.129 e. The van der Waals surface area contributed by atoms with E-state index in [4.69, 9.17) is 0 Å². The van der Waals surface area contributed by atoms with Crippen LogP contribution in [-0.4, -0.2) is 36.6 Å². The molecular weight excluding hydrogens is 319 g/mol. The van der Waals surface area contributed by atoms with Crippen molar-refractivity contribution in [3.8, 4) is 0 Å².